The number of hydrogen-bond acceptors (Lipinski definition) is 2. The molecule has 0 saturated carbocycles. The Morgan fingerprint density at radius 2 is 1.93 bits per heavy atom. The van der Waals surface area contributed by atoms with Gasteiger partial charge in [-0.05, 0) is 43.0 Å². The van der Waals surface area contributed by atoms with Crippen LogP contribution in [0.25, 0.3) is 10.9 Å². The fraction of sp³-hybridized carbons (Fsp3) is 0.217. The molecule has 0 fully saturated rings. The van der Waals surface area contributed by atoms with Gasteiger partial charge in [0.05, 0.1) is 0 Å². The van der Waals surface area contributed by atoms with E-state index in [9.17, 15) is 9.18 Å². The van der Waals surface area contributed by atoms with Crippen molar-refractivity contribution in [3.63, 3.8) is 0 Å². The van der Waals surface area contributed by atoms with E-state index in [0.29, 0.717) is 34.5 Å². The molecule has 3 aromatic rings. The summed E-state index contributed by atoms with van der Waals surface area (Å²) in [6, 6.07) is 16.6. The monoisotopic (exact) mass is 381 g/mol. The van der Waals surface area contributed by atoms with Crippen LogP contribution in [0.4, 0.5) is 4.39 Å². The zero-order valence-corrected chi connectivity index (χ0v) is 16.0. The van der Waals surface area contributed by atoms with Crippen LogP contribution in [0, 0.1) is 18.7 Å². The number of pyridine rings is 1. The highest BCUT2D eigenvalue weighted by molar-refractivity contribution is 6.29. The van der Waals surface area contributed by atoms with E-state index in [-0.39, 0.29) is 23.9 Å². The predicted molar refractivity (Wildman–Crippen MR) is 108 cm³/mol. The molecule has 0 aliphatic rings. The molecule has 0 bridgehead atoms. The number of nitrogens with zero attached hydrogens (tertiary/aromatic N) is 1. The maximum absolute atomic E-state index is 13.9. The maximum Gasteiger partial charge on any atom is 0.149 e. The van der Waals surface area contributed by atoms with Crippen LogP contribution in [-0.4, -0.2) is 10.8 Å². The van der Waals surface area contributed by atoms with Gasteiger partial charge in [0.1, 0.15) is 17.1 Å². The van der Waals surface area contributed by atoms with E-state index in [1.54, 1.807) is 19.1 Å². The number of ketones is 1. The molecule has 27 heavy (non-hydrogen) atoms. The van der Waals surface area contributed by atoms with E-state index in [0.717, 1.165) is 11.1 Å². The smallest absolute Gasteiger partial charge is 0.149 e. The van der Waals surface area contributed by atoms with Crippen LogP contribution in [0.1, 0.15) is 23.2 Å². The number of aromatic nitrogens is 1. The first-order valence-electron chi connectivity index (χ1n) is 8.88. The molecule has 1 unspecified atom stereocenters. The Balaban J connectivity index is 1.85. The van der Waals surface area contributed by atoms with Crippen molar-refractivity contribution in [3.8, 4) is 0 Å². The number of halogens is 2. The van der Waals surface area contributed by atoms with Gasteiger partial charge < -0.3 is 0 Å². The lowest BCUT2D eigenvalue weighted by molar-refractivity contribution is -0.122. The van der Waals surface area contributed by atoms with Crippen molar-refractivity contribution in [1.82, 2.24) is 4.98 Å². The Morgan fingerprint density at radius 1 is 1.19 bits per heavy atom. The van der Waals surface area contributed by atoms with Gasteiger partial charge in [0.25, 0.3) is 0 Å². The molecule has 0 aliphatic carbocycles. The molecule has 2 aromatic carbocycles. The summed E-state index contributed by atoms with van der Waals surface area (Å²) < 4.78 is 13.9. The largest absolute Gasteiger partial charge is 0.299 e. The Morgan fingerprint density at radius 3 is 2.63 bits per heavy atom. The third-order valence-electron chi connectivity index (χ3n) is 4.70. The summed E-state index contributed by atoms with van der Waals surface area (Å²) in [5.41, 5.74) is 2.91. The molecule has 138 valence electrons. The highest BCUT2D eigenvalue weighted by Gasteiger charge is 2.21. The molecule has 1 aromatic heterocycles. The van der Waals surface area contributed by atoms with Crippen molar-refractivity contribution in [3.05, 3.63) is 88.8 Å². The van der Waals surface area contributed by atoms with Crippen LogP contribution < -0.4 is 0 Å². The van der Waals surface area contributed by atoms with E-state index in [4.69, 9.17) is 11.6 Å². The van der Waals surface area contributed by atoms with Gasteiger partial charge in [0.15, 0.2) is 0 Å². The Labute approximate surface area is 163 Å². The van der Waals surface area contributed by atoms with Crippen LogP contribution in [0.15, 0.2) is 66.2 Å². The number of allylic oxidation sites excluding steroid dienone is 1. The average molecular weight is 382 g/mol. The number of carbonyl (C=O) groups is 1. The van der Waals surface area contributed by atoms with E-state index < -0.39 is 0 Å². The van der Waals surface area contributed by atoms with Crippen LogP contribution in [0.2, 0.25) is 0 Å². The normalized spacial score (nSPS) is 12.1. The number of rotatable bonds is 7. The van der Waals surface area contributed by atoms with Gasteiger partial charge in [-0.1, -0.05) is 60.6 Å². The number of benzene rings is 2. The number of fused-ring (bicyclic) bond motifs is 1. The Kier molecular flexibility index (Phi) is 6.02. The lowest BCUT2D eigenvalue weighted by atomic mass is 9.88. The Hall–Kier alpha value is -2.52. The molecule has 1 heterocycles. The molecule has 3 rings (SSSR count). The van der Waals surface area contributed by atoms with Crippen molar-refractivity contribution in [1.29, 1.82) is 0 Å². The van der Waals surface area contributed by atoms with Gasteiger partial charge >= 0.3 is 0 Å². The molecule has 2 nitrogen and oxygen atoms in total. The second kappa shape index (κ2) is 8.45. The van der Waals surface area contributed by atoms with Gasteiger partial charge in [-0.25, -0.2) is 9.37 Å². The van der Waals surface area contributed by atoms with E-state index in [1.165, 1.54) is 6.07 Å². The van der Waals surface area contributed by atoms with Crippen molar-refractivity contribution >= 4 is 28.3 Å². The van der Waals surface area contributed by atoms with Crippen molar-refractivity contribution in [2.24, 2.45) is 5.92 Å². The number of para-hydroxylation sites is 1. The SMILES string of the molecule is C=C(Cl)CC(Cc1ccccc1)C(=O)Cc1cc2cccc(F)c2nc1C. The molecule has 4 heteroatoms. The lowest BCUT2D eigenvalue weighted by Crippen LogP contribution is -2.20. The number of hydrogen-bond donors (Lipinski definition) is 0. The lowest BCUT2D eigenvalue weighted by Gasteiger charge is -2.16. The minimum atomic E-state index is -0.353. The third kappa shape index (κ3) is 4.81. The number of carbonyl (C=O) groups excluding carboxylic acids is 1. The van der Waals surface area contributed by atoms with Crippen LogP contribution in [0.5, 0.6) is 0 Å². The molecule has 1 atom stereocenters. The van der Waals surface area contributed by atoms with Gasteiger partial charge in [-0.15, -0.1) is 0 Å². The zero-order chi connectivity index (χ0) is 19.4. The van der Waals surface area contributed by atoms with Crippen molar-refractivity contribution < 1.29 is 9.18 Å². The summed E-state index contributed by atoms with van der Waals surface area (Å²) in [7, 11) is 0. The molecule has 0 amide bonds. The quantitative estimate of drug-likeness (QED) is 0.518. The predicted octanol–water partition coefficient (Wildman–Crippen LogP) is 5.80. The fourth-order valence-corrected chi connectivity index (χ4v) is 3.46. The van der Waals surface area contributed by atoms with Gasteiger partial charge in [0, 0.05) is 28.5 Å². The molecule has 0 N–H and O–H groups in total. The first-order valence-corrected chi connectivity index (χ1v) is 9.26. The van der Waals surface area contributed by atoms with Crippen LogP contribution in [-0.2, 0) is 17.6 Å². The zero-order valence-electron chi connectivity index (χ0n) is 15.2. The van der Waals surface area contributed by atoms with Crippen LogP contribution in [0.3, 0.4) is 0 Å². The minimum Gasteiger partial charge on any atom is -0.299 e. The highest BCUT2D eigenvalue weighted by atomic mass is 35.5. The summed E-state index contributed by atoms with van der Waals surface area (Å²) in [5, 5.41) is 1.17. The number of aryl methyl sites for hydroxylation is 1. The van der Waals surface area contributed by atoms with Crippen molar-refractivity contribution in [2.45, 2.75) is 26.2 Å². The summed E-state index contributed by atoms with van der Waals surface area (Å²) in [6.07, 6.45) is 1.29. The summed E-state index contributed by atoms with van der Waals surface area (Å²) in [5.74, 6) is -0.518. The molecule has 0 saturated heterocycles. The van der Waals surface area contributed by atoms with Gasteiger partial charge in [-0.3, -0.25) is 4.79 Å². The second-order valence-corrected chi connectivity index (χ2v) is 7.33. The fourth-order valence-electron chi connectivity index (χ4n) is 3.27. The number of Topliss-reactive ketones (excluding diaryl/α,β-unsaturated/α-hetero) is 1. The molecule has 0 radical (unpaired) electrons. The summed E-state index contributed by atoms with van der Waals surface area (Å²) in [4.78, 5) is 17.4. The topological polar surface area (TPSA) is 30.0 Å². The first-order chi connectivity index (χ1) is 12.9. The van der Waals surface area contributed by atoms with Crippen LogP contribution >= 0.6 is 11.6 Å². The summed E-state index contributed by atoms with van der Waals surface area (Å²) in [6.45, 7) is 5.56. The Bertz CT molecular complexity index is 984. The maximum atomic E-state index is 13.9. The van der Waals surface area contributed by atoms with E-state index in [1.807, 2.05) is 36.4 Å². The van der Waals surface area contributed by atoms with Gasteiger partial charge in [-0.2, -0.15) is 0 Å². The minimum absolute atomic E-state index is 0.0845. The molecular weight excluding hydrogens is 361 g/mol. The first kappa shape index (κ1) is 19.2. The third-order valence-corrected chi connectivity index (χ3v) is 4.86. The standard InChI is InChI=1S/C23H21ClFNO/c1-15(24)11-20(12-17-7-4-3-5-8-17)22(27)14-19-13-18-9-6-10-21(25)23(18)26-16(19)2/h3-10,13,20H,1,11-12,14H2,2H3. The van der Waals surface area contributed by atoms with E-state index in [2.05, 4.69) is 11.6 Å². The summed E-state index contributed by atoms with van der Waals surface area (Å²) >= 11 is 6.01. The highest BCUT2D eigenvalue weighted by Crippen LogP contribution is 2.24. The second-order valence-electron chi connectivity index (χ2n) is 6.80. The molecular formula is C23H21ClFNO. The van der Waals surface area contributed by atoms with Gasteiger partial charge in [0.2, 0.25) is 0 Å². The molecule has 0 spiro atoms. The van der Waals surface area contributed by atoms with E-state index >= 15 is 0 Å². The van der Waals surface area contributed by atoms with Crippen molar-refractivity contribution in [2.75, 3.05) is 0 Å². The average Bonchev–Trinajstić information content (AvgIpc) is 2.63. The molecule has 0 aliphatic heterocycles.